The van der Waals surface area contributed by atoms with E-state index in [1.807, 2.05) is 0 Å². The van der Waals surface area contributed by atoms with Crippen LogP contribution in [0.4, 0.5) is 5.69 Å². The zero-order chi connectivity index (χ0) is 13.0. The fourth-order valence-electron chi connectivity index (χ4n) is 1.27. The van der Waals surface area contributed by atoms with Gasteiger partial charge in [0, 0.05) is 32.4 Å². The van der Waals surface area contributed by atoms with E-state index < -0.39 is 10.9 Å². The molecule has 0 fully saturated rings. The highest BCUT2D eigenvalue weighted by atomic mass is 16.6. The number of carbonyl (C=O) groups is 1. The van der Waals surface area contributed by atoms with E-state index in [1.165, 1.54) is 30.5 Å². The third kappa shape index (κ3) is 3.30. The number of carboxylic acids is 1. The first-order valence-corrected chi connectivity index (χ1v) is 4.78. The summed E-state index contributed by atoms with van der Waals surface area (Å²) in [5.74, 6) is -1.08. The van der Waals surface area contributed by atoms with Gasteiger partial charge in [0.05, 0.1) is 10.5 Å². The summed E-state index contributed by atoms with van der Waals surface area (Å²) < 4.78 is 0. The fourth-order valence-corrected chi connectivity index (χ4v) is 1.27. The monoisotopic (exact) mass is 236 g/mol. The van der Waals surface area contributed by atoms with Crippen LogP contribution in [0.1, 0.15) is 5.56 Å². The lowest BCUT2D eigenvalue weighted by Gasteiger charge is -2.08. The quantitative estimate of drug-likeness (QED) is 0.487. The summed E-state index contributed by atoms with van der Waals surface area (Å²) in [6, 6.07) is 5.40. The second kappa shape index (κ2) is 5.11. The highest BCUT2D eigenvalue weighted by Crippen LogP contribution is 2.19. The molecule has 0 radical (unpaired) electrons. The van der Waals surface area contributed by atoms with Crippen molar-refractivity contribution in [1.29, 1.82) is 0 Å². The summed E-state index contributed by atoms with van der Waals surface area (Å²) in [6.07, 6.45) is 1.45. The number of benzene rings is 1. The van der Waals surface area contributed by atoms with Crippen LogP contribution in [0.2, 0.25) is 0 Å². The van der Waals surface area contributed by atoms with Gasteiger partial charge in [-0.1, -0.05) is 0 Å². The van der Waals surface area contributed by atoms with Crippen LogP contribution in [-0.4, -0.2) is 35.0 Å². The molecule has 1 aromatic rings. The molecule has 0 saturated carbocycles. The molecule has 0 saturated heterocycles. The fraction of sp³-hybridized carbons (Fsp3) is 0.182. The summed E-state index contributed by atoms with van der Waals surface area (Å²) in [4.78, 5) is 22.6. The Hall–Kier alpha value is -2.37. The molecular formula is C11H12N2O4. The van der Waals surface area contributed by atoms with Crippen molar-refractivity contribution >= 4 is 17.2 Å². The third-order valence-electron chi connectivity index (χ3n) is 2.01. The van der Waals surface area contributed by atoms with Gasteiger partial charge < -0.3 is 10.0 Å². The Morgan fingerprint density at radius 3 is 2.24 bits per heavy atom. The third-order valence-corrected chi connectivity index (χ3v) is 2.01. The lowest BCUT2D eigenvalue weighted by atomic mass is 10.1. The summed E-state index contributed by atoms with van der Waals surface area (Å²) in [7, 11) is 3.41. The number of carboxylic acid groups (broad SMARTS) is 1. The molecule has 90 valence electrons. The van der Waals surface area contributed by atoms with Gasteiger partial charge in [-0.05, 0) is 17.7 Å². The van der Waals surface area contributed by atoms with Crippen LogP contribution in [0.3, 0.4) is 0 Å². The lowest BCUT2D eigenvalue weighted by molar-refractivity contribution is -0.384. The maximum atomic E-state index is 11.0. The van der Waals surface area contributed by atoms with Crippen LogP contribution in [0.5, 0.6) is 0 Å². The van der Waals surface area contributed by atoms with Crippen LogP contribution in [-0.2, 0) is 4.79 Å². The van der Waals surface area contributed by atoms with E-state index in [4.69, 9.17) is 5.11 Å². The van der Waals surface area contributed by atoms with Gasteiger partial charge in [0.1, 0.15) is 0 Å². The average Bonchev–Trinajstić information content (AvgIpc) is 2.25. The van der Waals surface area contributed by atoms with Crippen LogP contribution < -0.4 is 0 Å². The highest BCUT2D eigenvalue weighted by Gasteiger charge is 2.12. The number of hydrogen-bond donors (Lipinski definition) is 1. The SMILES string of the molecule is CN(C)C=C(C(=O)O)c1ccc([N+](=O)[O-])cc1. The van der Waals surface area contributed by atoms with Crippen molar-refractivity contribution in [1.82, 2.24) is 4.90 Å². The summed E-state index contributed by atoms with van der Waals surface area (Å²) in [6.45, 7) is 0. The Morgan fingerprint density at radius 2 is 1.88 bits per heavy atom. The van der Waals surface area contributed by atoms with Crippen molar-refractivity contribution in [3.05, 3.63) is 46.1 Å². The van der Waals surface area contributed by atoms with Crippen molar-refractivity contribution in [2.75, 3.05) is 14.1 Å². The summed E-state index contributed by atoms with van der Waals surface area (Å²) in [5, 5.41) is 19.5. The Labute approximate surface area is 97.9 Å². The summed E-state index contributed by atoms with van der Waals surface area (Å²) >= 11 is 0. The topological polar surface area (TPSA) is 83.7 Å². The van der Waals surface area contributed by atoms with Gasteiger partial charge >= 0.3 is 5.97 Å². The maximum Gasteiger partial charge on any atom is 0.337 e. The minimum atomic E-state index is -1.08. The van der Waals surface area contributed by atoms with E-state index in [9.17, 15) is 14.9 Å². The van der Waals surface area contributed by atoms with Gasteiger partial charge in [0.25, 0.3) is 5.69 Å². The molecule has 0 heterocycles. The maximum absolute atomic E-state index is 11.0. The van der Waals surface area contributed by atoms with Gasteiger partial charge in [0.2, 0.25) is 0 Å². The van der Waals surface area contributed by atoms with E-state index in [2.05, 4.69) is 0 Å². The molecular weight excluding hydrogens is 224 g/mol. The largest absolute Gasteiger partial charge is 0.478 e. The van der Waals surface area contributed by atoms with E-state index >= 15 is 0 Å². The van der Waals surface area contributed by atoms with Gasteiger partial charge in [0.15, 0.2) is 0 Å². The molecule has 0 spiro atoms. The van der Waals surface area contributed by atoms with Crippen LogP contribution in [0, 0.1) is 10.1 Å². The van der Waals surface area contributed by atoms with E-state index in [-0.39, 0.29) is 11.3 Å². The smallest absolute Gasteiger partial charge is 0.337 e. The standard InChI is InChI=1S/C11H12N2O4/c1-12(2)7-10(11(14)15)8-3-5-9(6-4-8)13(16)17/h3-7H,1-2H3,(H,14,15). The van der Waals surface area contributed by atoms with Crippen LogP contribution >= 0.6 is 0 Å². The summed E-state index contributed by atoms with van der Waals surface area (Å²) in [5.41, 5.74) is 0.449. The minimum absolute atomic E-state index is 0.0664. The average molecular weight is 236 g/mol. The number of nitro groups is 1. The number of nitro benzene ring substituents is 1. The molecule has 1 aromatic carbocycles. The molecule has 0 bridgehead atoms. The van der Waals surface area contributed by atoms with Crippen molar-refractivity contribution in [3.63, 3.8) is 0 Å². The Balaban J connectivity index is 3.13. The molecule has 0 amide bonds. The molecule has 6 heteroatoms. The predicted octanol–water partition coefficient (Wildman–Crippen LogP) is 1.58. The van der Waals surface area contributed by atoms with E-state index in [0.717, 1.165) is 0 Å². The van der Waals surface area contributed by atoms with E-state index in [0.29, 0.717) is 5.56 Å². The number of non-ortho nitro benzene ring substituents is 1. The van der Waals surface area contributed by atoms with Gasteiger partial charge in [-0.15, -0.1) is 0 Å². The Kier molecular flexibility index (Phi) is 3.82. The molecule has 1 rings (SSSR count). The first kappa shape index (κ1) is 12.7. The molecule has 0 atom stereocenters. The molecule has 0 aliphatic rings. The second-order valence-corrected chi connectivity index (χ2v) is 3.62. The highest BCUT2D eigenvalue weighted by molar-refractivity contribution is 6.15. The van der Waals surface area contributed by atoms with Crippen LogP contribution in [0.15, 0.2) is 30.5 Å². The first-order chi connectivity index (χ1) is 7.91. The lowest BCUT2D eigenvalue weighted by Crippen LogP contribution is -2.08. The van der Waals surface area contributed by atoms with Gasteiger partial charge in [-0.2, -0.15) is 0 Å². The first-order valence-electron chi connectivity index (χ1n) is 4.78. The Bertz CT molecular complexity index is 463. The number of nitrogens with zero attached hydrogens (tertiary/aromatic N) is 2. The van der Waals surface area contributed by atoms with Gasteiger partial charge in [-0.25, -0.2) is 4.79 Å². The van der Waals surface area contributed by atoms with Crippen molar-refractivity contribution in [2.45, 2.75) is 0 Å². The van der Waals surface area contributed by atoms with E-state index in [1.54, 1.807) is 19.0 Å². The molecule has 1 N–H and O–H groups in total. The molecule has 0 unspecified atom stereocenters. The predicted molar refractivity (Wildman–Crippen MR) is 62.4 cm³/mol. The molecule has 0 aliphatic carbocycles. The normalized spacial score (nSPS) is 11.1. The molecule has 0 aliphatic heterocycles. The number of aliphatic carboxylic acids is 1. The number of hydrogen-bond acceptors (Lipinski definition) is 4. The van der Waals surface area contributed by atoms with Gasteiger partial charge in [-0.3, -0.25) is 10.1 Å². The minimum Gasteiger partial charge on any atom is -0.478 e. The zero-order valence-corrected chi connectivity index (χ0v) is 9.45. The van der Waals surface area contributed by atoms with Crippen molar-refractivity contribution in [2.24, 2.45) is 0 Å². The molecule has 6 nitrogen and oxygen atoms in total. The molecule has 17 heavy (non-hydrogen) atoms. The number of rotatable bonds is 4. The zero-order valence-electron chi connectivity index (χ0n) is 9.45. The van der Waals surface area contributed by atoms with Crippen molar-refractivity contribution in [3.8, 4) is 0 Å². The second-order valence-electron chi connectivity index (χ2n) is 3.62. The van der Waals surface area contributed by atoms with Crippen LogP contribution in [0.25, 0.3) is 5.57 Å². The van der Waals surface area contributed by atoms with Crippen molar-refractivity contribution < 1.29 is 14.8 Å². The Morgan fingerprint density at radius 1 is 1.35 bits per heavy atom. The molecule has 0 aromatic heterocycles.